The van der Waals surface area contributed by atoms with Crippen LogP contribution in [0.1, 0.15) is 17.0 Å². The fourth-order valence-corrected chi connectivity index (χ4v) is 4.07. The number of halogens is 3. The Labute approximate surface area is 171 Å². The Morgan fingerprint density at radius 2 is 1.80 bits per heavy atom. The van der Waals surface area contributed by atoms with Crippen LogP contribution in [0.15, 0.2) is 47.6 Å². The van der Waals surface area contributed by atoms with Crippen LogP contribution in [-0.4, -0.2) is 41.3 Å². The summed E-state index contributed by atoms with van der Waals surface area (Å²) >= 11 is 0. The zero-order valence-electron chi connectivity index (χ0n) is 16.1. The van der Waals surface area contributed by atoms with Gasteiger partial charge in [-0.25, -0.2) is 27.8 Å². The molecule has 0 aliphatic rings. The maximum Gasteiger partial charge on any atom is 0.417 e. The van der Waals surface area contributed by atoms with E-state index in [1.165, 1.54) is 12.4 Å². The molecule has 0 bridgehead atoms. The van der Waals surface area contributed by atoms with E-state index in [-0.39, 0.29) is 13.1 Å². The van der Waals surface area contributed by atoms with Gasteiger partial charge in [0.25, 0.3) is 0 Å². The second kappa shape index (κ2) is 8.40. The van der Waals surface area contributed by atoms with E-state index in [1.807, 2.05) is 19.9 Å². The molecule has 0 fully saturated rings. The molecule has 2 aromatic heterocycles. The van der Waals surface area contributed by atoms with Gasteiger partial charge in [0.1, 0.15) is 12.1 Å². The Morgan fingerprint density at radius 1 is 1.07 bits per heavy atom. The Bertz CT molecular complexity index is 1140. The van der Waals surface area contributed by atoms with Gasteiger partial charge in [-0.15, -0.1) is 0 Å². The summed E-state index contributed by atoms with van der Waals surface area (Å²) in [5.41, 5.74) is 0.498. The molecule has 1 aromatic carbocycles. The standard InChI is InChI=1S/C18H19F3N6O2S/c1-12-9-13(2)27(26-12)17-10-16(23-11-24-17)22-7-8-25-30(28,29)15-6-4-3-5-14(15)18(19,20)21/h3-6,9-11,25H,7-8H2,1-2H3,(H,22,23,24). The van der Waals surface area contributed by atoms with Crippen molar-refractivity contribution in [1.82, 2.24) is 24.5 Å². The number of nitrogens with zero attached hydrogens (tertiary/aromatic N) is 4. The van der Waals surface area contributed by atoms with Crippen molar-refractivity contribution in [2.24, 2.45) is 0 Å². The Morgan fingerprint density at radius 3 is 2.47 bits per heavy atom. The largest absolute Gasteiger partial charge is 0.417 e. The zero-order chi connectivity index (χ0) is 21.9. The number of aromatic nitrogens is 4. The highest BCUT2D eigenvalue weighted by Crippen LogP contribution is 2.33. The number of anilines is 1. The van der Waals surface area contributed by atoms with Crippen LogP contribution in [0.25, 0.3) is 5.82 Å². The van der Waals surface area contributed by atoms with Crippen molar-refractivity contribution >= 4 is 15.8 Å². The van der Waals surface area contributed by atoms with Gasteiger partial charge in [0.2, 0.25) is 10.0 Å². The zero-order valence-corrected chi connectivity index (χ0v) is 16.9. The summed E-state index contributed by atoms with van der Waals surface area (Å²) in [7, 11) is -4.34. The van der Waals surface area contributed by atoms with Crippen LogP contribution >= 0.6 is 0 Å². The average molecular weight is 440 g/mol. The van der Waals surface area contributed by atoms with Crippen LogP contribution in [0.4, 0.5) is 19.0 Å². The number of benzene rings is 1. The Balaban J connectivity index is 1.64. The van der Waals surface area contributed by atoms with Crippen molar-refractivity contribution < 1.29 is 21.6 Å². The molecule has 0 spiro atoms. The molecule has 2 heterocycles. The maximum absolute atomic E-state index is 13.1. The number of sulfonamides is 1. The number of nitrogens with one attached hydrogen (secondary N) is 2. The van der Waals surface area contributed by atoms with Crippen molar-refractivity contribution in [2.45, 2.75) is 24.9 Å². The first-order valence-corrected chi connectivity index (χ1v) is 10.3. The third-order valence-electron chi connectivity index (χ3n) is 4.08. The number of hydrogen-bond acceptors (Lipinski definition) is 6. The molecule has 12 heteroatoms. The molecule has 0 aliphatic carbocycles. The Kier molecular flexibility index (Phi) is 6.08. The predicted molar refractivity (Wildman–Crippen MR) is 104 cm³/mol. The molecule has 0 radical (unpaired) electrons. The van der Waals surface area contributed by atoms with E-state index >= 15 is 0 Å². The van der Waals surface area contributed by atoms with E-state index in [9.17, 15) is 21.6 Å². The van der Waals surface area contributed by atoms with Crippen LogP contribution in [0.5, 0.6) is 0 Å². The van der Waals surface area contributed by atoms with Gasteiger partial charge < -0.3 is 5.32 Å². The lowest BCUT2D eigenvalue weighted by molar-refractivity contribution is -0.139. The molecule has 2 N–H and O–H groups in total. The van der Waals surface area contributed by atoms with E-state index < -0.39 is 26.7 Å². The smallest absolute Gasteiger partial charge is 0.369 e. The van der Waals surface area contributed by atoms with Gasteiger partial charge in [-0.3, -0.25) is 0 Å². The fraction of sp³-hybridized carbons (Fsp3) is 0.278. The van der Waals surface area contributed by atoms with E-state index in [4.69, 9.17) is 0 Å². The highest BCUT2D eigenvalue weighted by Gasteiger charge is 2.36. The quantitative estimate of drug-likeness (QED) is 0.548. The second-order valence-electron chi connectivity index (χ2n) is 6.42. The van der Waals surface area contributed by atoms with Crippen molar-refractivity contribution in [3.05, 3.63) is 59.7 Å². The first-order valence-electron chi connectivity index (χ1n) is 8.83. The molecule has 3 aromatic rings. The van der Waals surface area contributed by atoms with Crippen LogP contribution in [0.2, 0.25) is 0 Å². The SMILES string of the molecule is Cc1cc(C)n(-c2cc(NCCNS(=O)(=O)c3ccccc3C(F)(F)F)ncn2)n1. The summed E-state index contributed by atoms with van der Waals surface area (Å²) in [5, 5.41) is 7.24. The minimum atomic E-state index is -4.77. The number of rotatable bonds is 7. The minimum absolute atomic E-state index is 0.0982. The molecule has 8 nitrogen and oxygen atoms in total. The highest BCUT2D eigenvalue weighted by atomic mass is 32.2. The number of hydrogen-bond donors (Lipinski definition) is 2. The van der Waals surface area contributed by atoms with Gasteiger partial charge in [-0.2, -0.15) is 18.3 Å². The maximum atomic E-state index is 13.1. The normalized spacial score (nSPS) is 12.2. The molecule has 160 valence electrons. The van der Waals surface area contributed by atoms with E-state index in [2.05, 4.69) is 25.1 Å². The van der Waals surface area contributed by atoms with Crippen LogP contribution in [-0.2, 0) is 16.2 Å². The van der Waals surface area contributed by atoms with Crippen molar-refractivity contribution in [1.29, 1.82) is 0 Å². The van der Waals surface area contributed by atoms with Gasteiger partial charge in [-0.05, 0) is 32.0 Å². The molecule has 0 unspecified atom stereocenters. The third-order valence-corrected chi connectivity index (χ3v) is 5.60. The van der Waals surface area contributed by atoms with Gasteiger partial charge >= 0.3 is 6.18 Å². The highest BCUT2D eigenvalue weighted by molar-refractivity contribution is 7.89. The van der Waals surface area contributed by atoms with E-state index in [0.717, 1.165) is 29.6 Å². The summed E-state index contributed by atoms with van der Waals surface area (Å²) in [6.45, 7) is 3.68. The average Bonchev–Trinajstić information content (AvgIpc) is 3.03. The molecule has 0 aliphatic heterocycles. The predicted octanol–water partition coefficient (Wildman–Crippen LogP) is 2.69. The molecule has 0 saturated carbocycles. The van der Waals surface area contributed by atoms with Crippen molar-refractivity contribution in [3.8, 4) is 5.82 Å². The van der Waals surface area contributed by atoms with Gasteiger partial charge in [0.05, 0.1) is 16.2 Å². The summed E-state index contributed by atoms with van der Waals surface area (Å²) in [6.07, 6.45) is -3.44. The van der Waals surface area contributed by atoms with E-state index in [0.29, 0.717) is 11.6 Å². The number of alkyl halides is 3. The lowest BCUT2D eigenvalue weighted by Crippen LogP contribution is -2.30. The molecular weight excluding hydrogens is 421 g/mol. The van der Waals surface area contributed by atoms with Gasteiger partial charge in [0.15, 0.2) is 5.82 Å². The first kappa shape index (κ1) is 21.7. The lowest BCUT2D eigenvalue weighted by atomic mass is 10.2. The van der Waals surface area contributed by atoms with Crippen LogP contribution < -0.4 is 10.0 Å². The topological polar surface area (TPSA) is 102 Å². The van der Waals surface area contributed by atoms with E-state index in [1.54, 1.807) is 10.7 Å². The molecular formula is C18H19F3N6O2S. The van der Waals surface area contributed by atoms with Crippen LogP contribution in [0.3, 0.4) is 0 Å². The van der Waals surface area contributed by atoms with Gasteiger partial charge in [-0.1, -0.05) is 12.1 Å². The Hall–Kier alpha value is -2.99. The van der Waals surface area contributed by atoms with Crippen LogP contribution in [0, 0.1) is 13.8 Å². The number of aryl methyl sites for hydroxylation is 2. The lowest BCUT2D eigenvalue weighted by Gasteiger charge is -2.14. The fourth-order valence-electron chi connectivity index (χ4n) is 2.81. The molecule has 0 amide bonds. The molecule has 3 rings (SSSR count). The minimum Gasteiger partial charge on any atom is -0.369 e. The second-order valence-corrected chi connectivity index (χ2v) is 8.15. The molecule has 0 atom stereocenters. The third kappa shape index (κ3) is 4.94. The van der Waals surface area contributed by atoms with Crippen molar-refractivity contribution in [3.63, 3.8) is 0 Å². The molecule has 0 saturated heterocycles. The summed E-state index contributed by atoms with van der Waals surface area (Å²) < 4.78 is 67.6. The van der Waals surface area contributed by atoms with Crippen molar-refractivity contribution in [2.75, 3.05) is 18.4 Å². The summed E-state index contributed by atoms with van der Waals surface area (Å²) in [4.78, 5) is 7.39. The monoisotopic (exact) mass is 440 g/mol. The first-order chi connectivity index (χ1) is 14.1. The van der Waals surface area contributed by atoms with Gasteiger partial charge in [0, 0.05) is 24.8 Å². The summed E-state index contributed by atoms with van der Waals surface area (Å²) in [6, 6.07) is 7.55. The molecule has 30 heavy (non-hydrogen) atoms. The summed E-state index contributed by atoms with van der Waals surface area (Å²) in [5.74, 6) is 0.945.